The number of piperidine rings is 1. The van der Waals surface area contributed by atoms with Crippen molar-refractivity contribution in [2.45, 2.75) is 56.9 Å². The van der Waals surface area contributed by atoms with Crippen molar-refractivity contribution < 1.29 is 14.3 Å². The molecule has 38 heavy (non-hydrogen) atoms. The van der Waals surface area contributed by atoms with Crippen LogP contribution >= 0.6 is 11.8 Å². The number of carbonyl (C=O) groups excluding carboxylic acids is 2. The molecule has 0 saturated carbocycles. The fourth-order valence-electron chi connectivity index (χ4n) is 4.71. The van der Waals surface area contributed by atoms with Gasteiger partial charge in [-0.25, -0.2) is 9.97 Å². The molecule has 4 rings (SSSR count). The quantitative estimate of drug-likeness (QED) is 0.294. The van der Waals surface area contributed by atoms with Crippen LogP contribution in [0, 0.1) is 5.92 Å². The lowest BCUT2D eigenvalue weighted by molar-refractivity contribution is -0.149. The van der Waals surface area contributed by atoms with Crippen molar-refractivity contribution in [3.05, 3.63) is 47.2 Å². The van der Waals surface area contributed by atoms with Crippen molar-refractivity contribution in [3.8, 4) is 0 Å². The van der Waals surface area contributed by atoms with Crippen LogP contribution < -0.4 is 4.90 Å². The minimum absolute atomic E-state index is 0.0181. The third-order valence-electron chi connectivity index (χ3n) is 7.26. The van der Waals surface area contributed by atoms with Gasteiger partial charge in [-0.1, -0.05) is 44.7 Å². The lowest BCUT2D eigenvalue weighted by atomic mass is 9.92. The third kappa shape index (κ3) is 7.26. The van der Waals surface area contributed by atoms with Gasteiger partial charge in [0.1, 0.15) is 5.82 Å². The molecular formula is C29H41N5O3S. The molecule has 1 aromatic carbocycles. The van der Waals surface area contributed by atoms with E-state index in [4.69, 9.17) is 14.7 Å². The molecule has 0 unspecified atom stereocenters. The molecule has 0 spiro atoms. The summed E-state index contributed by atoms with van der Waals surface area (Å²) >= 11 is 1.63. The van der Waals surface area contributed by atoms with Crippen LogP contribution in [0.3, 0.4) is 0 Å². The minimum atomic E-state index is -0.144. The molecule has 206 valence electrons. The molecular weight excluding hydrogens is 498 g/mol. The van der Waals surface area contributed by atoms with E-state index in [0.29, 0.717) is 38.1 Å². The molecule has 2 saturated heterocycles. The maximum atomic E-state index is 13.0. The number of anilines is 1. The smallest absolute Gasteiger partial charge is 0.309 e. The van der Waals surface area contributed by atoms with E-state index < -0.39 is 0 Å². The Kier molecular flexibility index (Phi) is 9.31. The summed E-state index contributed by atoms with van der Waals surface area (Å²) < 4.78 is 5.14. The number of likely N-dealkylation sites (N-methyl/N-ethyl adjacent to an activating group) is 1. The highest BCUT2D eigenvalue weighted by molar-refractivity contribution is 7.98. The van der Waals surface area contributed by atoms with Crippen molar-refractivity contribution in [3.63, 3.8) is 0 Å². The number of aromatic nitrogens is 2. The fraction of sp³-hybridized carbons (Fsp3) is 0.586. The van der Waals surface area contributed by atoms with Gasteiger partial charge in [0, 0.05) is 62.1 Å². The van der Waals surface area contributed by atoms with Crippen LogP contribution in [0.4, 0.5) is 5.82 Å². The molecule has 9 heteroatoms. The molecule has 1 amide bonds. The Hall–Kier alpha value is -2.65. The van der Waals surface area contributed by atoms with Crippen LogP contribution in [0.25, 0.3) is 0 Å². The number of hydrogen-bond acceptors (Lipinski definition) is 8. The van der Waals surface area contributed by atoms with Crippen molar-refractivity contribution in [1.82, 2.24) is 19.8 Å². The van der Waals surface area contributed by atoms with Gasteiger partial charge in [0.05, 0.1) is 18.2 Å². The topological polar surface area (TPSA) is 78.9 Å². The van der Waals surface area contributed by atoms with Crippen LogP contribution in [0.15, 0.2) is 35.5 Å². The molecule has 0 radical (unpaired) electrons. The summed E-state index contributed by atoms with van der Waals surface area (Å²) in [6.07, 6.45) is 1.31. The number of benzene rings is 1. The average molecular weight is 540 g/mol. The van der Waals surface area contributed by atoms with Crippen molar-refractivity contribution >= 4 is 29.5 Å². The van der Waals surface area contributed by atoms with E-state index in [-0.39, 0.29) is 23.2 Å². The summed E-state index contributed by atoms with van der Waals surface area (Å²) in [6, 6.07) is 9.97. The van der Waals surface area contributed by atoms with E-state index in [1.807, 2.05) is 36.1 Å². The van der Waals surface area contributed by atoms with Crippen molar-refractivity contribution in [2.24, 2.45) is 5.92 Å². The lowest BCUT2D eigenvalue weighted by Crippen LogP contribution is -2.45. The minimum Gasteiger partial charge on any atom is -0.466 e. The highest BCUT2D eigenvalue weighted by atomic mass is 32.2. The second-order valence-electron chi connectivity index (χ2n) is 11.2. The molecule has 2 aromatic rings. The summed E-state index contributed by atoms with van der Waals surface area (Å²) in [7, 11) is 2.16. The summed E-state index contributed by atoms with van der Waals surface area (Å²) in [5.41, 5.74) is 2.79. The van der Waals surface area contributed by atoms with E-state index in [1.54, 1.807) is 11.8 Å². The number of rotatable bonds is 7. The number of ether oxygens (including phenoxy) is 1. The van der Waals surface area contributed by atoms with Crippen LogP contribution in [-0.2, 0) is 20.7 Å². The largest absolute Gasteiger partial charge is 0.466 e. The molecule has 2 aliphatic rings. The number of hydrogen-bond donors (Lipinski definition) is 0. The lowest BCUT2D eigenvalue weighted by Gasteiger charge is -2.34. The second-order valence-corrected chi connectivity index (χ2v) is 12.2. The van der Waals surface area contributed by atoms with Gasteiger partial charge in [-0.3, -0.25) is 9.59 Å². The van der Waals surface area contributed by atoms with Gasteiger partial charge in [0.2, 0.25) is 0 Å². The first kappa shape index (κ1) is 28.4. The number of esters is 1. The zero-order valence-electron chi connectivity index (χ0n) is 23.4. The van der Waals surface area contributed by atoms with E-state index >= 15 is 0 Å². The molecule has 0 atom stereocenters. The number of nitrogens with zero attached hydrogens (tertiary/aromatic N) is 5. The molecule has 2 aliphatic heterocycles. The Morgan fingerprint density at radius 2 is 1.66 bits per heavy atom. The first-order valence-corrected chi connectivity index (χ1v) is 14.6. The number of thioether (sulfide) groups is 1. The highest BCUT2D eigenvalue weighted by Gasteiger charge is 2.28. The normalized spacial score (nSPS) is 17.5. The maximum absolute atomic E-state index is 13.0. The first-order valence-electron chi connectivity index (χ1n) is 13.6. The van der Waals surface area contributed by atoms with E-state index in [1.165, 1.54) is 0 Å². The zero-order valence-corrected chi connectivity index (χ0v) is 24.2. The average Bonchev–Trinajstić information content (AvgIpc) is 2.92. The molecule has 3 heterocycles. The summed E-state index contributed by atoms with van der Waals surface area (Å²) in [5, 5.41) is 0.788. The monoisotopic (exact) mass is 539 g/mol. The van der Waals surface area contributed by atoms with Crippen LogP contribution in [-0.4, -0.2) is 84.6 Å². The Balaban J connectivity index is 1.37. The molecule has 1 aromatic heterocycles. The van der Waals surface area contributed by atoms with Crippen LogP contribution in [0.5, 0.6) is 0 Å². The van der Waals surface area contributed by atoms with E-state index in [2.05, 4.69) is 43.7 Å². The van der Waals surface area contributed by atoms with E-state index in [9.17, 15) is 9.59 Å². The number of likely N-dealkylation sites (tertiary alicyclic amines) is 1. The van der Waals surface area contributed by atoms with Crippen molar-refractivity contribution in [2.75, 3.05) is 57.8 Å². The Labute approximate surface area is 231 Å². The fourth-order valence-corrected chi connectivity index (χ4v) is 5.52. The number of amides is 1. The van der Waals surface area contributed by atoms with Gasteiger partial charge in [-0.15, -0.1) is 0 Å². The van der Waals surface area contributed by atoms with Crippen LogP contribution in [0.1, 0.15) is 62.2 Å². The van der Waals surface area contributed by atoms with Gasteiger partial charge in [-0.2, -0.15) is 0 Å². The standard InChI is InChI=1S/C29H41N5O3S/c1-6-37-27(36)23-11-13-34(14-12-23)26(35)22-9-7-21(8-10-22)20-38-28-30-24(29(2,3)4)19-25(31-28)33-17-15-32(5)16-18-33/h7-10,19,23H,6,11-18,20H2,1-5H3. The van der Waals surface area contributed by atoms with Gasteiger partial charge in [0.15, 0.2) is 5.16 Å². The molecule has 2 fully saturated rings. The van der Waals surface area contributed by atoms with Gasteiger partial charge >= 0.3 is 5.97 Å². The Morgan fingerprint density at radius 3 is 2.26 bits per heavy atom. The van der Waals surface area contributed by atoms with Gasteiger partial charge < -0.3 is 19.4 Å². The molecule has 0 N–H and O–H groups in total. The van der Waals surface area contributed by atoms with Gasteiger partial charge in [-0.05, 0) is 44.5 Å². The summed E-state index contributed by atoms with van der Waals surface area (Å²) in [4.78, 5) is 41.3. The second kappa shape index (κ2) is 12.5. The summed E-state index contributed by atoms with van der Waals surface area (Å²) in [6.45, 7) is 13.9. The molecule has 0 bridgehead atoms. The van der Waals surface area contributed by atoms with Gasteiger partial charge in [0.25, 0.3) is 5.91 Å². The molecule has 0 aliphatic carbocycles. The number of carbonyl (C=O) groups is 2. The maximum Gasteiger partial charge on any atom is 0.309 e. The van der Waals surface area contributed by atoms with Crippen molar-refractivity contribution in [1.29, 1.82) is 0 Å². The Morgan fingerprint density at radius 1 is 1.00 bits per heavy atom. The summed E-state index contributed by atoms with van der Waals surface area (Å²) in [5.74, 6) is 1.51. The number of piperazine rings is 1. The third-order valence-corrected chi connectivity index (χ3v) is 8.18. The first-order chi connectivity index (χ1) is 18.1. The Bertz CT molecular complexity index is 1100. The predicted octanol–water partition coefficient (Wildman–Crippen LogP) is 4.23. The van der Waals surface area contributed by atoms with Crippen LogP contribution in [0.2, 0.25) is 0 Å². The zero-order chi connectivity index (χ0) is 27.3. The SMILES string of the molecule is CCOC(=O)C1CCN(C(=O)c2ccc(CSc3nc(N4CCN(C)CC4)cc(C(C)(C)C)n3)cc2)CC1. The highest BCUT2D eigenvalue weighted by Crippen LogP contribution is 2.29. The predicted molar refractivity (Wildman–Crippen MR) is 152 cm³/mol. The van der Waals surface area contributed by atoms with E-state index in [0.717, 1.165) is 54.2 Å². The molecule has 8 nitrogen and oxygen atoms in total.